The quantitative estimate of drug-likeness (QED) is 0.0491. The Morgan fingerprint density at radius 1 is 0.924 bits per heavy atom. The lowest BCUT2D eigenvalue weighted by Gasteiger charge is -2.58. The standard InChI is InChI=1S/C56H66FN9O11S2/c1-35(2)42-8-6-7-9-43(42)48-34-64(79(73,74)40-13-11-39(75-4)12-14-40)24-25-65(48)38-29-56(30-38)20-22-63(23-21-56)37-10-15-44(49(26-37)77-50-28-45-46(57)33-60-51(45)61-54(50)76-5)53(67)62-78(71,72)41-27-47(66(69)70)52(59-32-41)58-31-36-16-18-55(3,68)19-17-36/h6-15,26-28,32-33,35-36,38,48,68H,16-25,29-31,34H2,1-5H3,(H,58,59)(H,60,61)(H,62,67)/t36?,48-,55?/m0/s1. The van der Waals surface area contributed by atoms with Crippen LogP contribution in [0.1, 0.15) is 106 Å². The number of nitrogens with zero attached hydrogens (tertiary/aromatic N) is 6. The number of halogens is 1. The summed E-state index contributed by atoms with van der Waals surface area (Å²) < 4.78 is 91.8. The smallest absolute Gasteiger partial charge is 0.312 e. The molecule has 2 aliphatic carbocycles. The van der Waals surface area contributed by atoms with Crippen LogP contribution < -0.4 is 29.1 Å². The highest BCUT2D eigenvalue weighted by atomic mass is 32.2. The first-order chi connectivity index (χ1) is 37.7. The SMILES string of the molecule is COc1ccc(S(=O)(=O)N2CCN(C3CC4(CCN(c5ccc(C(=O)NS(=O)(=O)c6cnc(NCC7CCC(C)(O)CC7)c([N+](=O)[O-])c6)c(Oc6cc7c(F)c[nH]c7nc6OC)c5)CC4)C3)[C@H](c3ccccc3C(C)C)C2)cc1. The first-order valence-corrected chi connectivity index (χ1v) is 29.5. The van der Waals surface area contributed by atoms with Gasteiger partial charge in [0.2, 0.25) is 15.8 Å². The van der Waals surface area contributed by atoms with Crippen LogP contribution in [-0.2, 0) is 20.0 Å². The van der Waals surface area contributed by atoms with Gasteiger partial charge in [0, 0.05) is 81.4 Å². The van der Waals surface area contributed by atoms with Gasteiger partial charge in [-0.05, 0) is 123 Å². The van der Waals surface area contributed by atoms with Crippen molar-refractivity contribution in [3.8, 4) is 23.1 Å². The summed E-state index contributed by atoms with van der Waals surface area (Å²) in [5.41, 5.74) is 1.62. The number of aromatic amines is 1. The summed E-state index contributed by atoms with van der Waals surface area (Å²) in [5.74, 6) is -1.15. The summed E-state index contributed by atoms with van der Waals surface area (Å²) in [6, 6.07) is 21.8. The maximum Gasteiger partial charge on any atom is 0.312 e. The molecule has 1 amide bonds. The van der Waals surface area contributed by atoms with Gasteiger partial charge < -0.3 is 34.5 Å². The van der Waals surface area contributed by atoms with Crippen LogP contribution in [-0.4, -0.2) is 122 Å². The van der Waals surface area contributed by atoms with Crippen LogP contribution in [0, 0.1) is 27.3 Å². The minimum Gasteiger partial charge on any atom is -0.497 e. The number of hydrogen-bond acceptors (Lipinski definition) is 16. The molecule has 79 heavy (non-hydrogen) atoms. The number of piperidine rings is 1. The summed E-state index contributed by atoms with van der Waals surface area (Å²) in [5, 5.41) is 25.6. The number of H-pyrrole nitrogens is 1. The maximum atomic E-state index is 14.9. The molecular weight excluding hydrogens is 1060 g/mol. The minimum absolute atomic E-state index is 0.0366. The fraction of sp³-hybridized carbons (Fsp3) is 0.446. The lowest BCUT2D eigenvalue weighted by molar-refractivity contribution is -0.384. The van der Waals surface area contributed by atoms with E-state index in [1.54, 1.807) is 54.7 Å². The molecule has 0 unspecified atom stereocenters. The highest BCUT2D eigenvalue weighted by Crippen LogP contribution is 2.54. The van der Waals surface area contributed by atoms with Crippen molar-refractivity contribution in [2.24, 2.45) is 11.3 Å². The normalized spacial score (nSPS) is 21.2. The molecule has 10 rings (SSSR count). The van der Waals surface area contributed by atoms with Crippen molar-refractivity contribution in [2.75, 3.05) is 63.7 Å². The number of nitrogens with one attached hydrogen (secondary N) is 3. The highest BCUT2D eigenvalue weighted by molar-refractivity contribution is 7.90. The predicted molar refractivity (Wildman–Crippen MR) is 294 cm³/mol. The number of carbonyl (C=O) groups is 1. The van der Waals surface area contributed by atoms with Crippen LogP contribution in [0.4, 0.5) is 21.6 Å². The third-order valence-electron chi connectivity index (χ3n) is 16.5. The molecule has 2 aliphatic heterocycles. The number of benzene rings is 3. The first kappa shape index (κ1) is 55.4. The van der Waals surface area contributed by atoms with E-state index in [1.807, 2.05) is 16.9 Å². The van der Waals surface area contributed by atoms with Crippen LogP contribution in [0.5, 0.6) is 23.1 Å². The van der Waals surface area contributed by atoms with Gasteiger partial charge in [0.15, 0.2) is 5.75 Å². The van der Waals surface area contributed by atoms with Gasteiger partial charge in [-0.3, -0.25) is 19.8 Å². The van der Waals surface area contributed by atoms with Crippen molar-refractivity contribution >= 4 is 54.2 Å². The zero-order chi connectivity index (χ0) is 56.0. The molecule has 1 atom stereocenters. The third-order valence-corrected chi connectivity index (χ3v) is 19.7. The lowest BCUT2D eigenvalue weighted by atomic mass is 9.59. The average Bonchev–Trinajstić information content (AvgIpc) is 3.93. The van der Waals surface area contributed by atoms with Gasteiger partial charge in [-0.1, -0.05) is 38.1 Å². The largest absolute Gasteiger partial charge is 0.497 e. The van der Waals surface area contributed by atoms with E-state index >= 15 is 0 Å². The Morgan fingerprint density at radius 3 is 2.33 bits per heavy atom. The Kier molecular flexibility index (Phi) is 15.4. The monoisotopic (exact) mass is 1120 g/mol. The highest BCUT2D eigenvalue weighted by Gasteiger charge is 2.51. The topological polar surface area (TPSA) is 252 Å². The van der Waals surface area contributed by atoms with Crippen molar-refractivity contribution in [3.63, 3.8) is 0 Å². The molecular formula is C56H66FN9O11S2. The van der Waals surface area contributed by atoms with E-state index in [4.69, 9.17) is 14.2 Å². The molecule has 4 N–H and O–H groups in total. The van der Waals surface area contributed by atoms with Crippen LogP contribution in [0.3, 0.4) is 0 Å². The minimum atomic E-state index is -4.78. The van der Waals surface area contributed by atoms with Gasteiger partial charge >= 0.3 is 5.69 Å². The summed E-state index contributed by atoms with van der Waals surface area (Å²) in [4.78, 5) is 41.2. The number of rotatable bonds is 17. The summed E-state index contributed by atoms with van der Waals surface area (Å²) in [7, 11) is -5.68. The number of piperazine rings is 1. The summed E-state index contributed by atoms with van der Waals surface area (Å²) in [6.45, 7) is 8.94. The average molecular weight is 1120 g/mol. The van der Waals surface area contributed by atoms with Gasteiger partial charge in [0.1, 0.15) is 27.9 Å². The number of aromatic nitrogens is 3. The molecule has 20 nitrogen and oxygen atoms in total. The van der Waals surface area contributed by atoms with E-state index in [0.717, 1.165) is 49.7 Å². The number of nitro groups is 1. The Labute approximate surface area is 458 Å². The van der Waals surface area contributed by atoms with Crippen molar-refractivity contribution < 1.29 is 50.3 Å². The number of sulfonamides is 2. The molecule has 420 valence electrons. The number of fused-ring (bicyclic) bond motifs is 1. The zero-order valence-electron chi connectivity index (χ0n) is 44.8. The molecule has 2 saturated carbocycles. The van der Waals surface area contributed by atoms with E-state index in [9.17, 15) is 41.2 Å². The second-order valence-corrected chi connectivity index (χ2v) is 25.6. The molecule has 4 fully saturated rings. The van der Waals surface area contributed by atoms with Crippen LogP contribution in [0.2, 0.25) is 0 Å². The van der Waals surface area contributed by atoms with Crippen molar-refractivity contribution in [3.05, 3.63) is 124 Å². The molecule has 1 spiro atoms. The zero-order valence-corrected chi connectivity index (χ0v) is 46.4. The number of aliphatic hydroxyl groups is 1. The fourth-order valence-corrected chi connectivity index (χ4v) is 14.3. The van der Waals surface area contributed by atoms with Gasteiger partial charge in [0.05, 0.1) is 46.8 Å². The van der Waals surface area contributed by atoms with E-state index in [2.05, 4.69) is 56.0 Å². The number of ether oxygens (including phenoxy) is 3. The van der Waals surface area contributed by atoms with Gasteiger partial charge in [0.25, 0.3) is 21.8 Å². The van der Waals surface area contributed by atoms with Crippen molar-refractivity contribution in [1.29, 1.82) is 0 Å². The van der Waals surface area contributed by atoms with E-state index < -0.39 is 52.9 Å². The molecule has 23 heteroatoms. The predicted octanol–water partition coefficient (Wildman–Crippen LogP) is 8.91. The van der Waals surface area contributed by atoms with Crippen LogP contribution >= 0.6 is 0 Å². The fourth-order valence-electron chi connectivity index (χ4n) is 11.9. The number of pyridine rings is 2. The molecule has 6 aromatic rings. The van der Waals surface area contributed by atoms with Crippen LogP contribution in [0.25, 0.3) is 11.0 Å². The van der Waals surface area contributed by atoms with Gasteiger partial charge in [-0.25, -0.2) is 30.9 Å². The van der Waals surface area contributed by atoms with Gasteiger partial charge in [-0.2, -0.15) is 9.29 Å². The molecule has 4 aliphatic rings. The number of methoxy groups -OCH3 is 2. The number of hydrogen-bond donors (Lipinski definition) is 4. The van der Waals surface area contributed by atoms with Crippen molar-refractivity contribution in [1.82, 2.24) is 28.9 Å². The van der Waals surface area contributed by atoms with Gasteiger partial charge in [-0.15, -0.1) is 0 Å². The van der Waals surface area contributed by atoms with E-state index in [0.29, 0.717) is 76.4 Å². The Morgan fingerprint density at radius 2 is 1.65 bits per heavy atom. The Hall–Kier alpha value is -6.92. The first-order valence-electron chi connectivity index (χ1n) is 26.6. The molecule has 3 aromatic carbocycles. The molecule has 0 bridgehead atoms. The third kappa shape index (κ3) is 11.5. The second kappa shape index (κ2) is 22.0. The number of carbonyl (C=O) groups excluding carboxylic acids is 1. The lowest BCUT2D eigenvalue weighted by Crippen LogP contribution is -2.60. The van der Waals surface area contributed by atoms with E-state index in [-0.39, 0.29) is 74.0 Å². The van der Waals surface area contributed by atoms with E-state index in [1.165, 1.54) is 24.8 Å². The number of anilines is 2. The molecule has 5 heterocycles. The molecule has 3 aromatic heterocycles. The molecule has 0 radical (unpaired) electrons. The Bertz CT molecular complexity index is 3480. The summed E-state index contributed by atoms with van der Waals surface area (Å²) in [6.07, 6.45) is 8.17. The molecule has 2 saturated heterocycles. The summed E-state index contributed by atoms with van der Waals surface area (Å²) >= 11 is 0. The van der Waals surface area contributed by atoms with Crippen LogP contribution in [0.15, 0.2) is 101 Å². The maximum absolute atomic E-state index is 14.9. The van der Waals surface area contributed by atoms with Crippen molar-refractivity contribution in [2.45, 2.75) is 106 Å². The number of amides is 1. The Balaban J connectivity index is 0.866. The second-order valence-electron chi connectivity index (χ2n) is 22.0.